The van der Waals surface area contributed by atoms with E-state index in [2.05, 4.69) is 5.32 Å². The van der Waals surface area contributed by atoms with Crippen LogP contribution in [0.25, 0.3) is 0 Å². The Kier molecular flexibility index (Phi) is 6.81. The summed E-state index contributed by atoms with van der Waals surface area (Å²) >= 11 is 1.35. The third kappa shape index (κ3) is 5.69. The number of nitrogens with one attached hydrogen (secondary N) is 1. The average Bonchev–Trinajstić information content (AvgIpc) is 2.72. The number of ether oxygens (including phenoxy) is 1. The molecule has 1 N–H and O–H groups in total. The maximum Gasteiger partial charge on any atom is 0.324 e. The zero-order valence-corrected chi connectivity index (χ0v) is 15.7. The summed E-state index contributed by atoms with van der Waals surface area (Å²) in [6.45, 7) is -0.450. The Hall–Kier alpha value is -3.12. The molecule has 1 amide bonds. The highest BCUT2D eigenvalue weighted by Crippen LogP contribution is 2.36. The molecule has 0 aliphatic rings. The minimum Gasteiger partial charge on any atom is -0.454 e. The second-order valence-electron chi connectivity index (χ2n) is 5.89. The molecule has 0 unspecified atom stereocenters. The van der Waals surface area contributed by atoms with Crippen LogP contribution in [0.2, 0.25) is 0 Å². The number of rotatable bonds is 7. The quantitative estimate of drug-likeness (QED) is 0.459. The summed E-state index contributed by atoms with van der Waals surface area (Å²) in [6, 6.07) is 24.2. The number of amides is 1. The molecule has 0 fully saturated rings. The van der Waals surface area contributed by atoms with E-state index >= 15 is 0 Å². The first-order valence-corrected chi connectivity index (χ1v) is 9.48. The van der Waals surface area contributed by atoms with Crippen molar-refractivity contribution in [1.29, 1.82) is 0 Å². The molecule has 1 atom stereocenters. The van der Waals surface area contributed by atoms with Crippen LogP contribution in [0.5, 0.6) is 0 Å². The normalized spacial score (nSPS) is 11.5. The number of esters is 1. The van der Waals surface area contributed by atoms with E-state index in [0.29, 0.717) is 5.69 Å². The van der Waals surface area contributed by atoms with Crippen molar-refractivity contribution in [2.75, 3.05) is 11.9 Å². The van der Waals surface area contributed by atoms with Crippen LogP contribution in [0.4, 0.5) is 10.1 Å². The highest BCUT2D eigenvalue weighted by molar-refractivity contribution is 8.00. The van der Waals surface area contributed by atoms with E-state index < -0.39 is 29.6 Å². The molecule has 3 aromatic carbocycles. The van der Waals surface area contributed by atoms with Gasteiger partial charge in [-0.15, -0.1) is 11.8 Å². The van der Waals surface area contributed by atoms with Crippen molar-refractivity contribution in [3.8, 4) is 0 Å². The Labute approximate surface area is 166 Å². The molecule has 0 saturated carbocycles. The third-order valence-electron chi connectivity index (χ3n) is 3.77. The average molecular weight is 395 g/mol. The first kappa shape index (κ1) is 19.6. The Morgan fingerprint density at radius 1 is 0.929 bits per heavy atom. The van der Waals surface area contributed by atoms with Gasteiger partial charge >= 0.3 is 5.97 Å². The van der Waals surface area contributed by atoms with E-state index in [1.165, 1.54) is 30.0 Å². The molecular weight excluding hydrogens is 377 g/mol. The lowest BCUT2D eigenvalue weighted by molar-refractivity contribution is -0.146. The topological polar surface area (TPSA) is 55.4 Å². The van der Waals surface area contributed by atoms with Gasteiger partial charge in [0.05, 0.1) is 0 Å². The number of thioether (sulfide) groups is 1. The van der Waals surface area contributed by atoms with Crippen LogP contribution >= 0.6 is 11.8 Å². The maximum atomic E-state index is 13.2. The predicted molar refractivity (Wildman–Crippen MR) is 107 cm³/mol. The summed E-state index contributed by atoms with van der Waals surface area (Å²) in [4.78, 5) is 25.6. The lowest BCUT2D eigenvalue weighted by Gasteiger charge is -2.16. The van der Waals surface area contributed by atoms with Gasteiger partial charge in [0.1, 0.15) is 11.1 Å². The van der Waals surface area contributed by atoms with Gasteiger partial charge in [-0.05, 0) is 35.9 Å². The minimum atomic E-state index is -0.606. The number of carbonyl (C=O) groups is 2. The van der Waals surface area contributed by atoms with Gasteiger partial charge in [0.25, 0.3) is 5.91 Å². The summed E-state index contributed by atoms with van der Waals surface area (Å²) in [7, 11) is 0. The molecule has 0 aliphatic carbocycles. The summed E-state index contributed by atoms with van der Waals surface area (Å²) in [6.07, 6.45) is 0. The van der Waals surface area contributed by atoms with Crippen molar-refractivity contribution < 1.29 is 18.7 Å². The van der Waals surface area contributed by atoms with Crippen molar-refractivity contribution in [2.45, 2.75) is 10.1 Å². The van der Waals surface area contributed by atoms with Crippen LogP contribution < -0.4 is 5.32 Å². The van der Waals surface area contributed by atoms with E-state index in [-0.39, 0.29) is 0 Å². The summed E-state index contributed by atoms with van der Waals surface area (Å²) < 4.78 is 18.4. The van der Waals surface area contributed by atoms with Crippen LogP contribution in [-0.4, -0.2) is 18.5 Å². The molecule has 0 heterocycles. The number of hydrogen-bond donors (Lipinski definition) is 1. The highest BCUT2D eigenvalue weighted by atomic mass is 32.2. The summed E-state index contributed by atoms with van der Waals surface area (Å²) in [5.74, 6) is -1.51. The fourth-order valence-electron chi connectivity index (χ4n) is 2.49. The molecule has 0 aromatic heterocycles. The van der Waals surface area contributed by atoms with Gasteiger partial charge in [-0.2, -0.15) is 0 Å². The number of anilines is 1. The second-order valence-corrected chi connectivity index (χ2v) is 7.07. The van der Waals surface area contributed by atoms with Crippen LogP contribution in [-0.2, 0) is 14.3 Å². The highest BCUT2D eigenvalue weighted by Gasteiger charge is 2.24. The Morgan fingerprint density at radius 3 is 2.29 bits per heavy atom. The van der Waals surface area contributed by atoms with E-state index in [4.69, 9.17) is 4.74 Å². The molecule has 3 aromatic rings. The fraction of sp³-hybridized carbons (Fsp3) is 0.0909. The van der Waals surface area contributed by atoms with Gasteiger partial charge < -0.3 is 10.1 Å². The molecule has 0 aliphatic heterocycles. The van der Waals surface area contributed by atoms with Gasteiger partial charge in [0.15, 0.2) is 6.61 Å². The predicted octanol–water partition coefficient (Wildman–Crippen LogP) is 4.84. The molecule has 0 spiro atoms. The number of carbonyl (C=O) groups excluding carboxylic acids is 2. The van der Waals surface area contributed by atoms with E-state index in [9.17, 15) is 14.0 Å². The Morgan fingerprint density at radius 2 is 1.61 bits per heavy atom. The summed E-state index contributed by atoms with van der Waals surface area (Å²) in [5, 5.41) is 1.90. The molecule has 6 heteroatoms. The molecule has 0 saturated heterocycles. The van der Waals surface area contributed by atoms with Crippen molar-refractivity contribution in [1.82, 2.24) is 0 Å². The zero-order valence-electron chi connectivity index (χ0n) is 14.9. The molecular formula is C22H18FNO3S. The zero-order chi connectivity index (χ0) is 19.8. The van der Waals surface area contributed by atoms with Crippen molar-refractivity contribution >= 4 is 29.3 Å². The van der Waals surface area contributed by atoms with Gasteiger partial charge in [-0.1, -0.05) is 54.6 Å². The maximum absolute atomic E-state index is 13.2. The molecule has 3 rings (SSSR count). The van der Waals surface area contributed by atoms with Crippen LogP contribution in [0.15, 0.2) is 89.8 Å². The van der Waals surface area contributed by atoms with E-state index in [1.807, 2.05) is 60.7 Å². The number of benzene rings is 3. The molecule has 0 radical (unpaired) electrons. The lowest BCUT2D eigenvalue weighted by Crippen LogP contribution is -2.23. The lowest BCUT2D eigenvalue weighted by atomic mass is 10.1. The molecule has 142 valence electrons. The van der Waals surface area contributed by atoms with Gasteiger partial charge in [-0.25, -0.2) is 4.39 Å². The first-order valence-electron chi connectivity index (χ1n) is 8.60. The Bertz CT molecular complexity index is 935. The third-order valence-corrected chi connectivity index (χ3v) is 5.01. The number of hydrogen-bond acceptors (Lipinski definition) is 4. The monoisotopic (exact) mass is 395 g/mol. The standard InChI is InChI=1S/C22H18FNO3S/c23-17-10-7-11-18(14-17)24-20(25)15-27-22(26)21(16-8-3-1-4-9-16)28-19-12-5-2-6-13-19/h1-14,21H,15H2,(H,24,25)/t21-/m0/s1. The molecule has 4 nitrogen and oxygen atoms in total. The first-order chi connectivity index (χ1) is 13.6. The largest absolute Gasteiger partial charge is 0.454 e. The van der Waals surface area contributed by atoms with Gasteiger partial charge in [0, 0.05) is 10.6 Å². The van der Waals surface area contributed by atoms with E-state index in [1.54, 1.807) is 6.07 Å². The number of halogens is 1. The van der Waals surface area contributed by atoms with Crippen molar-refractivity contribution in [2.24, 2.45) is 0 Å². The fourth-order valence-corrected chi connectivity index (χ4v) is 3.53. The van der Waals surface area contributed by atoms with Crippen molar-refractivity contribution in [3.05, 3.63) is 96.3 Å². The van der Waals surface area contributed by atoms with Crippen molar-refractivity contribution in [3.63, 3.8) is 0 Å². The Balaban J connectivity index is 1.65. The van der Waals surface area contributed by atoms with Crippen LogP contribution in [0.1, 0.15) is 10.8 Å². The smallest absolute Gasteiger partial charge is 0.324 e. The van der Waals surface area contributed by atoms with E-state index in [0.717, 1.165) is 10.5 Å². The minimum absolute atomic E-state index is 0.305. The molecule has 28 heavy (non-hydrogen) atoms. The second kappa shape index (κ2) is 9.71. The molecule has 0 bridgehead atoms. The summed E-state index contributed by atoms with van der Waals surface area (Å²) in [5.41, 5.74) is 1.09. The van der Waals surface area contributed by atoms with Crippen LogP contribution in [0, 0.1) is 5.82 Å². The van der Waals surface area contributed by atoms with Crippen LogP contribution in [0.3, 0.4) is 0 Å². The van der Waals surface area contributed by atoms with Gasteiger partial charge in [0.2, 0.25) is 0 Å². The SMILES string of the molecule is O=C(COC(=O)[C@@H](Sc1ccccc1)c1ccccc1)Nc1cccc(F)c1. The van der Waals surface area contributed by atoms with Gasteiger partial charge in [-0.3, -0.25) is 9.59 Å².